The molecule has 2 aliphatic rings. The third-order valence-electron chi connectivity index (χ3n) is 1.91. The van der Waals surface area contributed by atoms with Crippen molar-refractivity contribution in [2.24, 2.45) is 15.4 Å². The summed E-state index contributed by atoms with van der Waals surface area (Å²) in [5, 5.41) is 0. The van der Waals surface area contributed by atoms with Crippen molar-refractivity contribution in [2.45, 2.75) is 13.8 Å². The summed E-state index contributed by atoms with van der Waals surface area (Å²) < 4.78 is 0. The van der Waals surface area contributed by atoms with Crippen molar-refractivity contribution in [1.29, 1.82) is 0 Å². The molecule has 0 aromatic carbocycles. The molecule has 0 aromatic rings. The maximum Gasteiger partial charge on any atom is 0.172 e. The number of amidine groups is 1. The van der Waals surface area contributed by atoms with Gasteiger partial charge in [-0.15, -0.1) is 4.83 Å². The molecule has 2 heterocycles. The second-order valence-corrected chi connectivity index (χ2v) is 4.65. The summed E-state index contributed by atoms with van der Waals surface area (Å²) in [6, 6.07) is 0. The minimum absolute atomic E-state index is 0.00771. The van der Waals surface area contributed by atoms with E-state index in [0.29, 0.717) is 0 Å². The number of hydrogen-bond donors (Lipinski definition) is 2. The lowest BCUT2D eigenvalue weighted by Gasteiger charge is -2.10. The Bertz CT molecular complexity index is 352. The van der Waals surface area contributed by atoms with Crippen molar-refractivity contribution in [3.05, 3.63) is 23.4 Å². The van der Waals surface area contributed by atoms with Gasteiger partial charge in [0.2, 0.25) is 0 Å². The molecule has 0 unspecified atom stereocenters. The predicted octanol–water partition coefficient (Wildman–Crippen LogP) is 0.580. The van der Waals surface area contributed by atoms with Gasteiger partial charge in [0.05, 0.1) is 0 Å². The molecule has 0 atom stereocenters. The molecule has 0 aliphatic carbocycles. The van der Waals surface area contributed by atoms with Crippen molar-refractivity contribution in [3.63, 3.8) is 0 Å². The summed E-state index contributed by atoms with van der Waals surface area (Å²) in [4.78, 5) is 12.8. The van der Waals surface area contributed by atoms with E-state index in [0.717, 1.165) is 10.7 Å². The molecule has 0 aromatic heterocycles. The van der Waals surface area contributed by atoms with Crippen LogP contribution in [-0.4, -0.2) is 12.1 Å². The minimum atomic E-state index is -0.00771. The number of hydrogen-bond acceptors (Lipinski definition) is 4. The SMILES string of the molecule is CC1(C)C=CN=C(C2=C[NH2+]NS2)N=C1. The largest absolute Gasteiger partial charge is 0.239 e. The van der Waals surface area contributed by atoms with E-state index in [4.69, 9.17) is 0 Å². The average Bonchev–Trinajstić information content (AvgIpc) is 2.58. The molecular weight excluding hydrogens is 196 g/mol. The van der Waals surface area contributed by atoms with Gasteiger partial charge in [0.1, 0.15) is 11.1 Å². The Balaban J connectivity index is 2.23. The number of aliphatic imine (C=N–C) groups is 2. The normalized spacial score (nSPS) is 24.4. The standard InChI is InChI=1S/C9H12N4S/c1-9(2)3-4-10-8(11-6-9)7-5-12-13-14-7/h3-6,12-13H,1-2H3/p+1. The zero-order valence-corrected chi connectivity index (χ0v) is 9.01. The van der Waals surface area contributed by atoms with Crippen LogP contribution in [0.2, 0.25) is 0 Å². The third-order valence-corrected chi connectivity index (χ3v) is 2.71. The fraction of sp³-hybridized carbons (Fsp3) is 0.333. The highest BCUT2D eigenvalue weighted by atomic mass is 32.2. The lowest BCUT2D eigenvalue weighted by molar-refractivity contribution is -0.620. The van der Waals surface area contributed by atoms with Crippen LogP contribution in [0.4, 0.5) is 0 Å². The van der Waals surface area contributed by atoms with Crippen LogP contribution >= 0.6 is 11.9 Å². The first kappa shape index (κ1) is 9.64. The fourth-order valence-electron chi connectivity index (χ4n) is 1.09. The highest BCUT2D eigenvalue weighted by Gasteiger charge is 2.18. The maximum absolute atomic E-state index is 4.37. The van der Waals surface area contributed by atoms with Crippen molar-refractivity contribution >= 4 is 24.0 Å². The molecule has 0 amide bonds. The predicted molar refractivity (Wildman–Crippen MR) is 59.6 cm³/mol. The van der Waals surface area contributed by atoms with Crippen LogP contribution in [0.5, 0.6) is 0 Å². The van der Waals surface area contributed by atoms with Crippen LogP contribution in [0, 0.1) is 5.41 Å². The first-order valence-electron chi connectivity index (χ1n) is 4.44. The molecule has 0 spiro atoms. The quantitative estimate of drug-likeness (QED) is 0.490. The summed E-state index contributed by atoms with van der Waals surface area (Å²) in [6.45, 7) is 4.21. The summed E-state index contributed by atoms with van der Waals surface area (Å²) in [7, 11) is 0. The number of allylic oxidation sites excluding steroid dienone is 1. The zero-order valence-electron chi connectivity index (χ0n) is 8.19. The third kappa shape index (κ3) is 2.12. The van der Waals surface area contributed by atoms with Gasteiger partial charge in [-0.2, -0.15) is 0 Å². The number of quaternary nitrogens is 1. The lowest BCUT2D eigenvalue weighted by Crippen LogP contribution is -2.83. The van der Waals surface area contributed by atoms with E-state index in [1.165, 1.54) is 11.9 Å². The first-order valence-corrected chi connectivity index (χ1v) is 5.26. The van der Waals surface area contributed by atoms with Gasteiger partial charge >= 0.3 is 0 Å². The van der Waals surface area contributed by atoms with Crippen molar-refractivity contribution < 1.29 is 5.43 Å². The number of rotatable bonds is 1. The highest BCUT2D eigenvalue weighted by molar-refractivity contribution is 8.02. The van der Waals surface area contributed by atoms with Crippen LogP contribution in [0.1, 0.15) is 13.8 Å². The van der Waals surface area contributed by atoms with Gasteiger partial charge in [0, 0.05) is 29.8 Å². The Morgan fingerprint density at radius 2 is 2.36 bits per heavy atom. The van der Waals surface area contributed by atoms with E-state index < -0.39 is 0 Å². The van der Waals surface area contributed by atoms with E-state index >= 15 is 0 Å². The summed E-state index contributed by atoms with van der Waals surface area (Å²) in [5.74, 6) is 0.776. The Labute approximate surface area is 87.4 Å². The van der Waals surface area contributed by atoms with Gasteiger partial charge in [-0.3, -0.25) is 0 Å². The van der Waals surface area contributed by atoms with Gasteiger partial charge in [-0.1, -0.05) is 19.9 Å². The number of nitrogens with zero attached hydrogens (tertiary/aromatic N) is 2. The van der Waals surface area contributed by atoms with Crippen molar-refractivity contribution in [3.8, 4) is 0 Å². The van der Waals surface area contributed by atoms with Gasteiger partial charge in [-0.05, 0) is 0 Å². The topological polar surface area (TPSA) is 53.4 Å². The Kier molecular flexibility index (Phi) is 2.54. The monoisotopic (exact) mass is 209 g/mol. The molecule has 0 radical (unpaired) electrons. The van der Waals surface area contributed by atoms with Crippen molar-refractivity contribution in [1.82, 2.24) is 4.83 Å². The second kappa shape index (κ2) is 3.68. The van der Waals surface area contributed by atoms with Crippen LogP contribution in [-0.2, 0) is 0 Å². The fourth-order valence-corrected chi connectivity index (χ4v) is 1.69. The summed E-state index contributed by atoms with van der Waals surface area (Å²) >= 11 is 1.54. The summed E-state index contributed by atoms with van der Waals surface area (Å²) in [5.41, 5.74) is 1.88. The van der Waals surface area contributed by atoms with E-state index in [9.17, 15) is 0 Å². The first-order chi connectivity index (χ1) is 6.67. The highest BCUT2D eigenvalue weighted by Crippen LogP contribution is 2.20. The van der Waals surface area contributed by atoms with Crippen LogP contribution in [0.3, 0.4) is 0 Å². The molecule has 3 N–H and O–H groups in total. The molecule has 4 nitrogen and oxygen atoms in total. The van der Waals surface area contributed by atoms with Gasteiger partial charge in [0.15, 0.2) is 5.84 Å². The molecule has 0 bridgehead atoms. The van der Waals surface area contributed by atoms with E-state index in [-0.39, 0.29) is 5.41 Å². The lowest BCUT2D eigenvalue weighted by atomic mass is 9.96. The Hall–Kier alpha value is -0.910. The molecular formula is C9H13N4S+. The van der Waals surface area contributed by atoms with Gasteiger partial charge in [-0.25, -0.2) is 15.4 Å². The smallest absolute Gasteiger partial charge is 0.172 e. The number of nitrogens with one attached hydrogen (secondary N) is 1. The molecule has 0 saturated heterocycles. The Morgan fingerprint density at radius 3 is 3.07 bits per heavy atom. The minimum Gasteiger partial charge on any atom is -0.239 e. The van der Waals surface area contributed by atoms with Crippen LogP contribution < -0.4 is 10.3 Å². The second-order valence-electron chi connectivity index (χ2n) is 3.77. The van der Waals surface area contributed by atoms with Gasteiger partial charge in [0.25, 0.3) is 0 Å². The van der Waals surface area contributed by atoms with E-state index in [1.54, 1.807) is 0 Å². The van der Waals surface area contributed by atoms with Crippen LogP contribution in [0.15, 0.2) is 33.4 Å². The molecule has 0 fully saturated rings. The molecule has 0 saturated carbocycles. The molecule has 14 heavy (non-hydrogen) atoms. The average molecular weight is 209 g/mol. The van der Waals surface area contributed by atoms with E-state index in [2.05, 4.69) is 28.7 Å². The molecule has 2 rings (SSSR count). The van der Waals surface area contributed by atoms with Gasteiger partial charge < -0.3 is 0 Å². The van der Waals surface area contributed by atoms with E-state index in [1.807, 2.05) is 30.1 Å². The zero-order chi connectivity index (χ0) is 10.0. The Morgan fingerprint density at radius 1 is 1.50 bits per heavy atom. The maximum atomic E-state index is 4.37. The van der Waals surface area contributed by atoms with Crippen molar-refractivity contribution in [2.75, 3.05) is 0 Å². The summed E-state index contributed by atoms with van der Waals surface area (Å²) in [6.07, 6.45) is 7.77. The molecule has 74 valence electrons. The molecule has 2 aliphatic heterocycles. The number of nitrogens with two attached hydrogens (primary N) is 1. The molecule has 5 heteroatoms. The van der Waals surface area contributed by atoms with Crippen LogP contribution in [0.25, 0.3) is 0 Å².